The lowest BCUT2D eigenvalue weighted by Crippen LogP contribution is -2.35. The summed E-state index contributed by atoms with van der Waals surface area (Å²) >= 11 is 0. The van der Waals surface area contributed by atoms with E-state index in [4.69, 9.17) is 0 Å². The van der Waals surface area contributed by atoms with E-state index in [-0.39, 0.29) is 17.1 Å². The normalized spacial score (nSPS) is 11.2. The Morgan fingerprint density at radius 1 is 1.04 bits per heavy atom. The topological polar surface area (TPSA) is 100 Å². The molecule has 0 N–H and O–H groups in total. The smallest absolute Gasteiger partial charge is 0.294 e. The Morgan fingerprint density at radius 2 is 1.74 bits per heavy atom. The van der Waals surface area contributed by atoms with E-state index < -0.39 is 16.2 Å². The van der Waals surface area contributed by atoms with Crippen molar-refractivity contribution in [3.8, 4) is 17.1 Å². The highest BCUT2D eigenvalue weighted by Gasteiger charge is 2.20. The summed E-state index contributed by atoms with van der Waals surface area (Å²) in [7, 11) is 1.35. The lowest BCUT2D eigenvalue weighted by Gasteiger charge is -2.18. The third-order valence-electron chi connectivity index (χ3n) is 4.53. The summed E-state index contributed by atoms with van der Waals surface area (Å²) in [6.07, 6.45) is 0. The maximum absolute atomic E-state index is 12.6. The number of rotatable bonds is 2. The van der Waals surface area contributed by atoms with Crippen LogP contribution in [0.25, 0.3) is 28.0 Å². The Kier molecular flexibility index (Phi) is 3.62. The van der Waals surface area contributed by atoms with Crippen molar-refractivity contribution in [2.24, 2.45) is 7.05 Å². The van der Waals surface area contributed by atoms with Gasteiger partial charge in [-0.25, -0.2) is 4.79 Å². The minimum atomic E-state index is -0.658. The molecule has 27 heavy (non-hydrogen) atoms. The first-order chi connectivity index (χ1) is 12.9. The zero-order valence-electron chi connectivity index (χ0n) is 14.5. The number of nitro benzene ring substituents is 1. The van der Waals surface area contributed by atoms with Crippen LogP contribution in [0, 0.1) is 17.0 Å². The minimum absolute atomic E-state index is 0.0810. The van der Waals surface area contributed by atoms with Crippen molar-refractivity contribution in [3.05, 3.63) is 85.0 Å². The average molecular weight is 362 g/mol. The van der Waals surface area contributed by atoms with Crippen LogP contribution in [0.1, 0.15) is 5.56 Å². The molecule has 0 aliphatic carbocycles. The number of nitrogens with zero attached hydrogens (tertiary/aromatic N) is 4. The highest BCUT2D eigenvalue weighted by atomic mass is 16.6. The molecule has 0 radical (unpaired) electrons. The summed E-state index contributed by atoms with van der Waals surface area (Å²) in [4.78, 5) is 39.5. The van der Waals surface area contributed by atoms with E-state index in [9.17, 15) is 19.7 Å². The lowest BCUT2D eigenvalue weighted by atomic mass is 10.1. The zero-order valence-corrected chi connectivity index (χ0v) is 14.5. The van der Waals surface area contributed by atoms with Gasteiger partial charge in [0.2, 0.25) is 0 Å². The molecular weight excluding hydrogens is 348 g/mol. The molecule has 4 rings (SSSR count). The average Bonchev–Trinajstić information content (AvgIpc) is 2.65. The summed E-state index contributed by atoms with van der Waals surface area (Å²) in [6, 6.07) is 13.4. The second kappa shape index (κ2) is 5.87. The van der Waals surface area contributed by atoms with Gasteiger partial charge in [-0.2, -0.15) is 4.98 Å². The van der Waals surface area contributed by atoms with Crippen molar-refractivity contribution < 1.29 is 4.92 Å². The van der Waals surface area contributed by atoms with Crippen LogP contribution in [-0.2, 0) is 7.05 Å². The minimum Gasteiger partial charge on any atom is -0.294 e. The monoisotopic (exact) mass is 362 g/mol. The van der Waals surface area contributed by atoms with Crippen molar-refractivity contribution in [3.63, 3.8) is 0 Å². The Hall–Kier alpha value is -3.81. The molecule has 0 unspecified atom stereocenters. The number of aromatic nitrogens is 3. The van der Waals surface area contributed by atoms with E-state index >= 15 is 0 Å². The Morgan fingerprint density at radius 3 is 2.41 bits per heavy atom. The highest BCUT2D eigenvalue weighted by molar-refractivity contribution is 5.89. The first-order valence-electron chi connectivity index (χ1n) is 8.15. The Bertz CT molecular complexity index is 1300. The first-order valence-corrected chi connectivity index (χ1v) is 8.15. The van der Waals surface area contributed by atoms with Gasteiger partial charge in [-0.1, -0.05) is 17.7 Å². The molecule has 0 saturated carbocycles. The van der Waals surface area contributed by atoms with Crippen LogP contribution in [0.2, 0.25) is 0 Å². The molecule has 2 aliphatic rings. The highest BCUT2D eigenvalue weighted by Crippen LogP contribution is 2.30. The van der Waals surface area contributed by atoms with Crippen LogP contribution in [0.15, 0.2) is 58.1 Å². The fourth-order valence-corrected chi connectivity index (χ4v) is 3.09. The van der Waals surface area contributed by atoms with Gasteiger partial charge < -0.3 is 0 Å². The number of pyridine rings is 1. The summed E-state index contributed by atoms with van der Waals surface area (Å²) in [6.45, 7) is 1.95. The van der Waals surface area contributed by atoms with Crippen molar-refractivity contribution in [2.45, 2.75) is 6.92 Å². The molecule has 2 aromatic carbocycles. The molecule has 0 amide bonds. The summed E-state index contributed by atoms with van der Waals surface area (Å²) in [5.41, 5.74) is 1.33. The molecule has 0 spiro atoms. The van der Waals surface area contributed by atoms with Crippen LogP contribution in [0.5, 0.6) is 0 Å². The molecule has 0 saturated heterocycles. The summed E-state index contributed by atoms with van der Waals surface area (Å²) < 4.78 is 2.60. The molecule has 0 fully saturated rings. The summed E-state index contributed by atoms with van der Waals surface area (Å²) in [5, 5.41) is 11.7. The molecule has 0 aromatic heterocycles. The maximum atomic E-state index is 12.6. The second-order valence-electron chi connectivity index (χ2n) is 6.31. The van der Waals surface area contributed by atoms with Crippen molar-refractivity contribution >= 4 is 16.6 Å². The first kappa shape index (κ1) is 16.6. The molecule has 134 valence electrons. The van der Waals surface area contributed by atoms with Gasteiger partial charge in [0.25, 0.3) is 11.2 Å². The number of hydrogen-bond donors (Lipinski definition) is 0. The standard InChI is InChI=1S/C19H14N4O4/c1-11-3-5-13(6-4-11)22-16-8-7-14(23(26)27)9-12(16)10-15-17(22)20-19(25)21(2)18(15)24/h3-10H,1-2H3. The third kappa shape index (κ3) is 2.58. The van der Waals surface area contributed by atoms with Crippen LogP contribution >= 0.6 is 0 Å². The van der Waals surface area contributed by atoms with Gasteiger partial charge in [0.05, 0.1) is 16.0 Å². The predicted octanol–water partition coefficient (Wildman–Crippen LogP) is 2.41. The largest absolute Gasteiger partial charge is 0.352 e. The van der Waals surface area contributed by atoms with Gasteiger partial charge >= 0.3 is 5.69 Å². The zero-order chi connectivity index (χ0) is 19.3. The predicted molar refractivity (Wildman–Crippen MR) is 101 cm³/mol. The van der Waals surface area contributed by atoms with Crippen molar-refractivity contribution in [1.29, 1.82) is 0 Å². The van der Waals surface area contributed by atoms with Gasteiger partial charge in [0.15, 0.2) is 5.82 Å². The van der Waals surface area contributed by atoms with E-state index in [1.807, 2.05) is 31.2 Å². The number of nitro groups is 1. The van der Waals surface area contributed by atoms with Crippen molar-refractivity contribution in [2.75, 3.05) is 0 Å². The van der Waals surface area contributed by atoms with Crippen LogP contribution in [-0.4, -0.2) is 19.0 Å². The molecule has 0 atom stereocenters. The van der Waals surface area contributed by atoms with E-state index in [1.54, 1.807) is 10.6 Å². The van der Waals surface area contributed by atoms with Crippen LogP contribution in [0.3, 0.4) is 0 Å². The maximum Gasteiger partial charge on any atom is 0.352 e. The number of non-ortho nitro benzene ring substituents is 1. The number of aryl methyl sites for hydroxylation is 1. The van der Waals surface area contributed by atoms with Gasteiger partial charge in [-0.05, 0) is 31.2 Å². The molecule has 2 heterocycles. The van der Waals surface area contributed by atoms with Gasteiger partial charge in [-0.3, -0.25) is 24.0 Å². The van der Waals surface area contributed by atoms with Crippen molar-refractivity contribution in [1.82, 2.24) is 14.1 Å². The quantitative estimate of drug-likeness (QED) is 0.310. The van der Waals surface area contributed by atoms with Gasteiger partial charge in [-0.15, -0.1) is 0 Å². The molecule has 2 aliphatic heterocycles. The van der Waals surface area contributed by atoms with E-state index in [2.05, 4.69) is 4.98 Å². The second-order valence-corrected chi connectivity index (χ2v) is 6.31. The SMILES string of the molecule is Cc1ccc(-n2c3nc(=O)n(C)c(=O)c-3cc3cc([N+](=O)[O-])ccc32)cc1. The van der Waals surface area contributed by atoms with Crippen LogP contribution < -0.4 is 11.2 Å². The molecule has 2 aromatic rings. The molecule has 0 bridgehead atoms. The third-order valence-corrected chi connectivity index (χ3v) is 4.53. The van der Waals surface area contributed by atoms with E-state index in [1.165, 1.54) is 25.2 Å². The van der Waals surface area contributed by atoms with Crippen LogP contribution in [0.4, 0.5) is 5.69 Å². The molecule has 8 nitrogen and oxygen atoms in total. The summed E-state index contributed by atoms with van der Waals surface area (Å²) in [5.74, 6) is 0.216. The fourth-order valence-electron chi connectivity index (χ4n) is 3.09. The van der Waals surface area contributed by atoms with Gasteiger partial charge in [0.1, 0.15) is 0 Å². The Labute approximate surface area is 152 Å². The Balaban J connectivity index is 2.22. The van der Waals surface area contributed by atoms with Gasteiger partial charge in [0, 0.05) is 30.3 Å². The molecular formula is C19H14N4O4. The lowest BCUT2D eigenvalue weighted by molar-refractivity contribution is -0.384. The van der Waals surface area contributed by atoms with E-state index in [0.717, 1.165) is 10.1 Å². The number of hydrogen-bond acceptors (Lipinski definition) is 5. The number of fused-ring (bicyclic) bond motifs is 2. The fraction of sp³-hybridized carbons (Fsp3) is 0.105. The van der Waals surface area contributed by atoms with E-state index in [0.29, 0.717) is 16.6 Å². The molecule has 8 heteroatoms. The number of benzene rings is 2.